The van der Waals surface area contributed by atoms with Crippen molar-refractivity contribution in [3.8, 4) is 11.5 Å². The SMILES string of the molecule is C.CC1(C)OB(c2ccc(=O)[nH]c2)OC1(C)C.COc1ccc(CN2C(=O)C(Cc3ccccc3Cl)N=C(Cl)c3cc(Cl)ccc32)cc1.COc1ccc(CN2C(=O)C(Cc3ccccc3Cl)N=C(c3ccc(=O)[nH]c3)c3cc(Cl)ccc32)cc1.O=C1Cc2ccc(Cl)cc2C(c2ccc(=O)[nH]c2)=NC1Cc1ccccc1Cl. The van der Waals surface area contributed by atoms with E-state index in [-0.39, 0.29) is 64.5 Å². The highest BCUT2D eigenvalue weighted by Crippen LogP contribution is 2.39. The van der Waals surface area contributed by atoms with Gasteiger partial charge in [0.05, 0.1) is 61.3 Å². The lowest BCUT2D eigenvalue weighted by molar-refractivity contribution is -0.120. The van der Waals surface area contributed by atoms with Crippen LogP contribution >= 0.6 is 81.2 Å². The smallest absolute Gasteiger partial charge is 0.496 e. The van der Waals surface area contributed by atoms with E-state index in [0.717, 1.165) is 61.5 Å². The number of methoxy groups -OCH3 is 2. The van der Waals surface area contributed by atoms with E-state index < -0.39 is 25.2 Å². The average molecular weight is 1650 g/mol. The highest BCUT2D eigenvalue weighted by atomic mass is 35.5. The van der Waals surface area contributed by atoms with Crippen molar-refractivity contribution in [2.45, 2.75) is 103 Å². The third kappa shape index (κ3) is 20.4. The summed E-state index contributed by atoms with van der Waals surface area (Å²) in [5, 5.41) is 3.62. The number of aliphatic imine (C=N–C) groups is 3. The Balaban J connectivity index is 0.000000153. The van der Waals surface area contributed by atoms with Crippen LogP contribution in [0.2, 0.25) is 30.1 Å². The summed E-state index contributed by atoms with van der Waals surface area (Å²) in [6.45, 7) is 8.68. The monoisotopic (exact) mass is 1650 g/mol. The van der Waals surface area contributed by atoms with Gasteiger partial charge in [-0.15, -0.1) is 0 Å². The number of rotatable bonds is 15. The molecule has 18 nitrogen and oxygen atoms in total. The summed E-state index contributed by atoms with van der Waals surface area (Å²) >= 11 is 44.5. The van der Waals surface area contributed by atoms with Gasteiger partial charge in [0, 0.05) is 120 Å². The number of nitrogens with one attached hydrogen (secondary N) is 3. The fourth-order valence-corrected chi connectivity index (χ4v) is 14.3. The Hall–Kier alpha value is -10.2. The maximum Gasteiger partial charge on any atom is 0.496 e. The maximum absolute atomic E-state index is 14.1. The molecule has 3 unspecified atom stereocenters. The zero-order chi connectivity index (χ0) is 79.5. The largest absolute Gasteiger partial charge is 0.497 e. The highest BCUT2D eigenvalue weighted by Gasteiger charge is 2.52. The lowest BCUT2D eigenvalue weighted by Crippen LogP contribution is -2.41. The van der Waals surface area contributed by atoms with Gasteiger partial charge in [-0.1, -0.05) is 180 Å². The maximum atomic E-state index is 14.1. The number of pyridine rings is 3. The van der Waals surface area contributed by atoms with Crippen molar-refractivity contribution in [1.82, 2.24) is 15.0 Å². The van der Waals surface area contributed by atoms with Gasteiger partial charge >= 0.3 is 7.12 Å². The van der Waals surface area contributed by atoms with E-state index in [1.54, 1.807) is 115 Å². The molecule has 11 aromatic rings. The lowest BCUT2D eigenvalue weighted by Gasteiger charge is -2.32. The van der Waals surface area contributed by atoms with E-state index in [4.69, 9.17) is 110 Å². The van der Waals surface area contributed by atoms with Gasteiger partial charge in [0.15, 0.2) is 5.78 Å². The number of H-pyrrole nitrogens is 3. The Labute approximate surface area is 689 Å². The van der Waals surface area contributed by atoms with E-state index in [1.165, 1.54) is 18.2 Å². The molecule has 0 radical (unpaired) electrons. The topological polar surface area (TPSA) is 230 Å². The molecule has 3 atom stereocenters. The number of hydrogen-bond donors (Lipinski definition) is 3. The van der Waals surface area contributed by atoms with Gasteiger partial charge in [0.25, 0.3) is 11.8 Å². The van der Waals surface area contributed by atoms with E-state index in [9.17, 15) is 28.8 Å². The molecular weight excluding hydrogens is 1580 g/mol. The molecule has 8 aromatic carbocycles. The van der Waals surface area contributed by atoms with E-state index in [0.29, 0.717) is 102 Å². The number of nitrogens with zero attached hydrogens (tertiary/aromatic N) is 5. The molecular formula is C87H78BCl7N8O10. The van der Waals surface area contributed by atoms with Crippen LogP contribution in [0, 0.1) is 0 Å². The molecule has 0 saturated carbocycles. The molecule has 3 N–H and O–H groups in total. The molecule has 26 heteroatoms. The van der Waals surface area contributed by atoms with Crippen LogP contribution in [0.4, 0.5) is 11.4 Å². The number of benzene rings is 8. The van der Waals surface area contributed by atoms with Crippen LogP contribution in [-0.2, 0) is 62.5 Å². The van der Waals surface area contributed by atoms with Crippen LogP contribution in [0.15, 0.2) is 260 Å². The van der Waals surface area contributed by atoms with Crippen LogP contribution in [-0.4, -0.2) is 99.8 Å². The molecule has 1 fully saturated rings. The van der Waals surface area contributed by atoms with Crippen LogP contribution in [0.1, 0.15) is 96.3 Å². The second kappa shape index (κ2) is 37.2. The van der Waals surface area contributed by atoms with Crippen molar-refractivity contribution in [3.63, 3.8) is 0 Å². The number of Topliss-reactive ketones (excluding diaryl/α,β-unsaturated/α-hetero) is 1. The number of benzodiazepines with no additional fused rings is 2. The average Bonchev–Trinajstić information content (AvgIpc) is 1.68. The van der Waals surface area contributed by atoms with Crippen LogP contribution in [0.5, 0.6) is 11.5 Å². The van der Waals surface area contributed by atoms with E-state index >= 15 is 0 Å². The first-order chi connectivity index (χ1) is 53.7. The number of carbonyl (C=O) groups is 3. The summed E-state index contributed by atoms with van der Waals surface area (Å²) in [6, 6.07) is 61.0. The third-order valence-electron chi connectivity index (χ3n) is 19.5. The first-order valence-electron chi connectivity index (χ1n) is 35.5. The molecule has 0 aliphatic carbocycles. The Morgan fingerprint density at radius 1 is 0.442 bits per heavy atom. The Bertz CT molecular complexity index is 5540. The van der Waals surface area contributed by atoms with Crippen LogP contribution in [0.25, 0.3) is 0 Å². The number of ketones is 1. The predicted molar refractivity (Wildman–Crippen MR) is 456 cm³/mol. The number of carbonyl (C=O) groups excluding carboxylic acids is 3. The zero-order valence-electron chi connectivity index (χ0n) is 61.5. The molecule has 15 rings (SSSR count). The Morgan fingerprint density at radius 2 is 0.832 bits per heavy atom. The van der Waals surface area contributed by atoms with Gasteiger partial charge in [0.1, 0.15) is 34.8 Å². The standard InChI is InChI=1S/C29H23Cl2N3O3.C24H19Cl3N2O2.C22H16Cl2N2O2.C11H16BNO3.CH4/c1-37-22-10-6-18(7-11-22)17-34-26-12-9-21(30)15-23(26)28(20-8-13-27(35)32-16-20)33-25(29(34)36)14-19-4-2-3-5-24(19)31;1-31-18-9-6-15(7-10-18)14-29-22-11-8-17(25)13-19(22)23(27)28-21(24(29)30)12-16-4-2-3-5-20(16)26;23-16-7-5-13-10-20(27)19(9-14-3-1-2-4-18(14)24)26-22(17(13)11-16)15-6-8-21(28)25-12-15;1-10(2)11(3,4)16-12(15-10)8-5-6-9(14)13-7-8;/h2-13,15-16,25H,14,17H2,1H3,(H,32,35);2-11,13,21H,12,14H2,1H3;1-8,11-12,19H,9-10H2,(H,25,28);5-7H,1-4H3,(H,13,14);1H4. The van der Waals surface area contributed by atoms with Gasteiger partial charge < -0.3 is 43.5 Å². The molecule has 113 heavy (non-hydrogen) atoms. The Morgan fingerprint density at radius 3 is 1.27 bits per heavy atom. The second-order valence-corrected chi connectivity index (χ2v) is 30.5. The first kappa shape index (κ1) is 83.8. The number of anilines is 2. The summed E-state index contributed by atoms with van der Waals surface area (Å²) < 4.78 is 22.2. The quantitative estimate of drug-likeness (QED) is 0.0822. The van der Waals surface area contributed by atoms with Crippen molar-refractivity contribution < 1.29 is 33.2 Å². The number of aromatic amines is 3. The number of fused-ring (bicyclic) bond motifs is 3. The first-order valence-corrected chi connectivity index (χ1v) is 38.2. The van der Waals surface area contributed by atoms with Crippen molar-refractivity contribution in [3.05, 3.63) is 353 Å². The molecule has 578 valence electrons. The van der Waals surface area contributed by atoms with Crippen molar-refractivity contribution in [2.24, 2.45) is 15.0 Å². The molecule has 0 spiro atoms. The summed E-state index contributed by atoms with van der Waals surface area (Å²) in [5.74, 6) is 1.18. The zero-order valence-corrected chi connectivity index (χ0v) is 66.7. The van der Waals surface area contributed by atoms with Crippen LogP contribution in [0.3, 0.4) is 0 Å². The summed E-state index contributed by atoms with van der Waals surface area (Å²) in [6.07, 6.45) is 6.16. The summed E-state index contributed by atoms with van der Waals surface area (Å²) in [5.41, 5.74) is 10.9. The minimum Gasteiger partial charge on any atom is -0.497 e. The summed E-state index contributed by atoms with van der Waals surface area (Å²) in [7, 11) is 2.82. The highest BCUT2D eigenvalue weighted by molar-refractivity contribution is 6.70. The van der Waals surface area contributed by atoms with Gasteiger partial charge in [-0.2, -0.15) is 0 Å². The van der Waals surface area contributed by atoms with Gasteiger partial charge in [-0.25, -0.2) is 0 Å². The molecule has 4 aliphatic rings. The summed E-state index contributed by atoms with van der Waals surface area (Å²) in [4.78, 5) is 101. The fraction of sp³-hybridized carbons (Fsp3) is 0.207. The number of aromatic nitrogens is 3. The molecule has 2 amide bonds. The van der Waals surface area contributed by atoms with Crippen molar-refractivity contribution >= 4 is 139 Å². The van der Waals surface area contributed by atoms with Crippen LogP contribution < -0.4 is 41.4 Å². The predicted octanol–water partition coefficient (Wildman–Crippen LogP) is 17.4. The number of amides is 2. The number of halogens is 7. The Kier molecular flexibility index (Phi) is 27.6. The second-order valence-electron chi connectivity index (χ2n) is 27.6. The van der Waals surface area contributed by atoms with E-state index in [1.807, 2.05) is 149 Å². The minimum absolute atomic E-state index is 0. The molecule has 3 aromatic heterocycles. The molecule has 1 saturated heterocycles. The third-order valence-corrected chi connectivity index (χ3v) is 21.7. The normalized spacial score (nSPS) is 16.5. The van der Waals surface area contributed by atoms with Gasteiger partial charge in [-0.3, -0.25) is 43.7 Å². The van der Waals surface area contributed by atoms with Crippen molar-refractivity contribution in [2.75, 3.05) is 24.0 Å². The lowest BCUT2D eigenvalue weighted by atomic mass is 9.80. The van der Waals surface area contributed by atoms with Gasteiger partial charge in [0.2, 0.25) is 16.7 Å². The van der Waals surface area contributed by atoms with Crippen molar-refractivity contribution in [1.29, 1.82) is 0 Å². The number of hydrogen-bond acceptors (Lipinski definition) is 13. The van der Waals surface area contributed by atoms with Gasteiger partial charge in [-0.05, 0) is 170 Å². The molecule has 4 aliphatic heterocycles. The number of ether oxygens (including phenoxy) is 2. The minimum atomic E-state index is -0.758. The molecule has 7 heterocycles. The molecule has 0 bridgehead atoms. The van der Waals surface area contributed by atoms with E-state index in [2.05, 4.69) is 19.9 Å². The fourth-order valence-electron chi connectivity index (χ4n) is 12.8.